The molecule has 4 bridgehead atoms. The van der Waals surface area contributed by atoms with Crippen molar-refractivity contribution in [1.29, 1.82) is 5.26 Å². The maximum Gasteiger partial charge on any atom is 0.223 e. The summed E-state index contributed by atoms with van der Waals surface area (Å²) in [6.07, 6.45) is 6.97. The minimum absolute atomic E-state index is 0.116. The van der Waals surface area contributed by atoms with Crippen molar-refractivity contribution in [3.63, 3.8) is 0 Å². The summed E-state index contributed by atoms with van der Waals surface area (Å²) in [5.41, 5.74) is 7.56. The molecule has 0 aromatic heterocycles. The second-order valence-corrected chi connectivity index (χ2v) is 8.16. The van der Waals surface area contributed by atoms with Crippen molar-refractivity contribution in [3.8, 4) is 6.19 Å². The molecule has 2 unspecified atom stereocenters. The van der Waals surface area contributed by atoms with Gasteiger partial charge in [-0.15, -0.1) is 0 Å². The van der Waals surface area contributed by atoms with Gasteiger partial charge < -0.3 is 11.1 Å². The third-order valence-corrected chi connectivity index (χ3v) is 6.66. The molecule has 3 N–H and O–H groups in total. The van der Waals surface area contributed by atoms with E-state index < -0.39 is 0 Å². The molecule has 4 aliphatic carbocycles. The number of hydrogen-bond acceptors (Lipinski definition) is 3. The molecule has 0 spiro atoms. The Morgan fingerprint density at radius 3 is 2.56 bits per heavy atom. The first-order valence-corrected chi connectivity index (χ1v) is 9.11. The van der Waals surface area contributed by atoms with Crippen molar-refractivity contribution in [3.05, 3.63) is 35.4 Å². The summed E-state index contributed by atoms with van der Waals surface area (Å²) in [5, 5.41) is 12.7. The number of amides is 1. The highest BCUT2D eigenvalue weighted by Crippen LogP contribution is 2.59. The molecule has 5 heteroatoms. The number of amidine groups is 1. The molecule has 5 nitrogen and oxygen atoms in total. The van der Waals surface area contributed by atoms with Gasteiger partial charge in [-0.1, -0.05) is 24.3 Å². The molecule has 0 aliphatic heterocycles. The van der Waals surface area contributed by atoms with Gasteiger partial charge in [-0.3, -0.25) is 4.79 Å². The zero-order valence-corrected chi connectivity index (χ0v) is 14.5. The average molecular weight is 336 g/mol. The number of hydrogen-bond donors (Lipinski definition) is 2. The largest absolute Gasteiger partial charge is 0.369 e. The van der Waals surface area contributed by atoms with Gasteiger partial charge in [-0.25, -0.2) is 0 Å². The maximum atomic E-state index is 12.1. The first-order valence-electron chi connectivity index (χ1n) is 9.11. The summed E-state index contributed by atoms with van der Waals surface area (Å²) < 4.78 is 0. The van der Waals surface area contributed by atoms with Crippen LogP contribution in [0.25, 0.3) is 0 Å². The number of benzene rings is 1. The number of nitrogens with zero attached hydrogens (tertiary/aromatic N) is 2. The topological polar surface area (TPSA) is 91.3 Å². The molecule has 0 saturated heterocycles. The molecule has 25 heavy (non-hydrogen) atoms. The number of nitrogens with two attached hydrogens (primary N) is 1. The van der Waals surface area contributed by atoms with E-state index in [0.29, 0.717) is 23.6 Å². The minimum atomic E-state index is -0.288. The second kappa shape index (κ2) is 5.87. The normalized spacial score (nSPS) is 36.1. The lowest BCUT2D eigenvalue weighted by molar-refractivity contribution is -0.145. The molecule has 1 aromatic carbocycles. The number of nitriles is 1. The summed E-state index contributed by atoms with van der Waals surface area (Å²) in [6, 6.07) is 8.26. The van der Waals surface area contributed by atoms with E-state index in [0.717, 1.165) is 43.2 Å². The minimum Gasteiger partial charge on any atom is -0.369 e. The molecule has 1 amide bonds. The lowest BCUT2D eigenvalue weighted by atomic mass is 9.47. The van der Waals surface area contributed by atoms with Crippen LogP contribution in [0.15, 0.2) is 29.3 Å². The van der Waals surface area contributed by atoms with Crippen LogP contribution in [0.2, 0.25) is 0 Å². The van der Waals surface area contributed by atoms with Crippen molar-refractivity contribution >= 4 is 11.7 Å². The van der Waals surface area contributed by atoms with Gasteiger partial charge >= 0.3 is 0 Å². The summed E-state index contributed by atoms with van der Waals surface area (Å²) in [5.74, 6) is 2.04. The third-order valence-electron chi connectivity index (χ3n) is 6.66. The average Bonchev–Trinajstić information content (AvgIpc) is 2.57. The number of carbonyl (C=O) groups excluding carboxylic acids is 1. The van der Waals surface area contributed by atoms with Gasteiger partial charge in [0.15, 0.2) is 0 Å². The van der Waals surface area contributed by atoms with Crippen LogP contribution in [0.3, 0.4) is 0 Å². The number of aliphatic imine (C=N–C) groups is 1. The van der Waals surface area contributed by atoms with Crippen molar-refractivity contribution in [1.82, 2.24) is 5.32 Å². The predicted molar refractivity (Wildman–Crippen MR) is 95.4 cm³/mol. The van der Waals surface area contributed by atoms with E-state index in [1.165, 1.54) is 0 Å². The molecular weight excluding hydrogens is 312 g/mol. The predicted octanol–water partition coefficient (Wildman–Crippen LogP) is 2.49. The zero-order chi connectivity index (χ0) is 17.6. The smallest absolute Gasteiger partial charge is 0.223 e. The van der Waals surface area contributed by atoms with Crippen LogP contribution in [-0.4, -0.2) is 17.8 Å². The summed E-state index contributed by atoms with van der Waals surface area (Å²) >= 11 is 0. The molecule has 4 aliphatic rings. The Kier molecular flexibility index (Phi) is 3.79. The summed E-state index contributed by atoms with van der Waals surface area (Å²) in [4.78, 5) is 16.2. The van der Waals surface area contributed by atoms with Gasteiger partial charge in [0, 0.05) is 17.0 Å². The van der Waals surface area contributed by atoms with Gasteiger partial charge in [0.05, 0.1) is 0 Å². The molecular formula is C20H24N4O. The number of rotatable bonds is 3. The maximum absolute atomic E-state index is 12.1. The first kappa shape index (κ1) is 16.1. The third kappa shape index (κ3) is 2.60. The number of primary amides is 1. The van der Waals surface area contributed by atoms with Crippen molar-refractivity contribution in [2.75, 3.05) is 0 Å². The molecule has 0 radical (unpaired) electrons. The SMILES string of the molecule is Cc1ccccc1/C(=N\C#N)NC1C2CC3CC1CC(C(N)=O)(C3)C2. The lowest BCUT2D eigenvalue weighted by Crippen LogP contribution is -2.62. The molecule has 4 fully saturated rings. The molecule has 130 valence electrons. The van der Waals surface area contributed by atoms with E-state index in [4.69, 9.17) is 11.0 Å². The van der Waals surface area contributed by atoms with E-state index in [2.05, 4.69) is 10.3 Å². The first-order chi connectivity index (χ1) is 12.0. The van der Waals surface area contributed by atoms with Gasteiger partial charge in [0.2, 0.25) is 12.1 Å². The summed E-state index contributed by atoms with van der Waals surface area (Å²) in [6.45, 7) is 2.03. The zero-order valence-electron chi connectivity index (χ0n) is 14.5. The van der Waals surface area contributed by atoms with Crippen molar-refractivity contribution < 1.29 is 4.79 Å². The quantitative estimate of drug-likeness (QED) is 0.505. The van der Waals surface area contributed by atoms with Crippen LogP contribution >= 0.6 is 0 Å². The van der Waals surface area contributed by atoms with Gasteiger partial charge in [0.25, 0.3) is 0 Å². The fourth-order valence-electron chi connectivity index (χ4n) is 5.78. The Hall–Kier alpha value is -2.35. The number of nitrogens with one attached hydrogen (secondary N) is 1. The van der Waals surface area contributed by atoms with Crippen LogP contribution in [0.4, 0.5) is 0 Å². The van der Waals surface area contributed by atoms with Crippen LogP contribution in [-0.2, 0) is 4.79 Å². The van der Waals surface area contributed by atoms with E-state index in [1.54, 1.807) is 0 Å². The fourth-order valence-corrected chi connectivity index (χ4v) is 5.78. The van der Waals surface area contributed by atoms with E-state index in [9.17, 15) is 4.79 Å². The Balaban J connectivity index is 1.61. The molecule has 5 rings (SSSR count). The van der Waals surface area contributed by atoms with Gasteiger partial charge in [-0.2, -0.15) is 10.3 Å². The number of aryl methyl sites for hydroxylation is 1. The van der Waals surface area contributed by atoms with E-state index in [1.807, 2.05) is 37.4 Å². The van der Waals surface area contributed by atoms with Gasteiger partial charge in [0.1, 0.15) is 5.84 Å². The highest BCUT2D eigenvalue weighted by atomic mass is 16.1. The van der Waals surface area contributed by atoms with Crippen molar-refractivity contribution in [2.24, 2.45) is 33.9 Å². The van der Waals surface area contributed by atoms with Crippen molar-refractivity contribution in [2.45, 2.75) is 45.1 Å². The Labute approximate surface area is 148 Å². The van der Waals surface area contributed by atoms with Crippen LogP contribution in [0.5, 0.6) is 0 Å². The highest BCUT2D eigenvalue weighted by Gasteiger charge is 2.58. The van der Waals surface area contributed by atoms with E-state index >= 15 is 0 Å². The molecule has 2 atom stereocenters. The number of carbonyl (C=O) groups is 1. The fraction of sp³-hybridized carbons (Fsp3) is 0.550. The molecule has 1 aromatic rings. The van der Waals surface area contributed by atoms with Crippen LogP contribution in [0, 0.1) is 41.5 Å². The van der Waals surface area contributed by atoms with Gasteiger partial charge in [-0.05, 0) is 62.3 Å². The Morgan fingerprint density at radius 2 is 1.96 bits per heavy atom. The molecule has 4 saturated carbocycles. The Bertz CT molecular complexity index is 762. The standard InChI is InChI=1S/C20H24N4O/c1-12-4-2-3-5-16(12)18(23-11-21)24-17-14-6-13-7-15(17)10-20(8-13,9-14)19(22)25/h2-5,13-15,17H,6-10H2,1H3,(H2,22,25)(H,23,24). The second-order valence-electron chi connectivity index (χ2n) is 8.16. The van der Waals surface area contributed by atoms with Crippen LogP contribution < -0.4 is 11.1 Å². The molecule has 0 heterocycles. The Morgan fingerprint density at radius 1 is 1.28 bits per heavy atom. The lowest BCUT2D eigenvalue weighted by Gasteiger charge is -2.59. The van der Waals surface area contributed by atoms with Crippen LogP contribution in [0.1, 0.15) is 43.2 Å². The highest BCUT2D eigenvalue weighted by molar-refractivity contribution is 6.00. The summed E-state index contributed by atoms with van der Waals surface area (Å²) in [7, 11) is 0. The van der Waals surface area contributed by atoms with E-state index in [-0.39, 0.29) is 17.4 Å². The monoisotopic (exact) mass is 336 g/mol.